The van der Waals surface area contributed by atoms with Crippen LogP contribution in [0.5, 0.6) is 5.75 Å². The molecule has 0 atom stereocenters. The predicted molar refractivity (Wildman–Crippen MR) is 85.0 cm³/mol. The van der Waals surface area contributed by atoms with Crippen LogP contribution >= 0.6 is 0 Å². The summed E-state index contributed by atoms with van der Waals surface area (Å²) in [5.41, 5.74) is 1.45. The Kier molecular flexibility index (Phi) is 6.69. The standard InChI is InChI=1S/C17H27NO3/c1-17(2,3)14-6-8-15(9-7-14)21-13-5-11-18(4)12-10-16(19)20/h6-9H,5,10-13H2,1-4H3,(H,19,20). The summed E-state index contributed by atoms with van der Waals surface area (Å²) in [4.78, 5) is 12.5. The summed E-state index contributed by atoms with van der Waals surface area (Å²) in [5.74, 6) is 0.133. The molecule has 4 nitrogen and oxygen atoms in total. The van der Waals surface area contributed by atoms with Crippen molar-refractivity contribution in [1.82, 2.24) is 4.90 Å². The Bertz CT molecular complexity index is 434. The third-order valence-corrected chi connectivity index (χ3v) is 3.38. The van der Waals surface area contributed by atoms with Gasteiger partial charge in [-0.3, -0.25) is 4.79 Å². The lowest BCUT2D eigenvalue weighted by atomic mass is 9.87. The first-order chi connectivity index (χ1) is 9.79. The Morgan fingerprint density at radius 1 is 1.19 bits per heavy atom. The minimum Gasteiger partial charge on any atom is -0.494 e. The van der Waals surface area contributed by atoms with Crippen LogP contribution < -0.4 is 4.74 Å². The predicted octanol–water partition coefficient (Wildman–Crippen LogP) is 3.16. The summed E-state index contributed by atoms with van der Waals surface area (Å²) < 4.78 is 5.71. The van der Waals surface area contributed by atoms with Crippen molar-refractivity contribution in [2.75, 3.05) is 26.7 Å². The SMILES string of the molecule is CN(CCCOc1ccc(C(C)(C)C)cc1)CCC(=O)O. The topological polar surface area (TPSA) is 49.8 Å². The van der Waals surface area contributed by atoms with Crippen molar-refractivity contribution in [2.24, 2.45) is 0 Å². The number of hydrogen-bond acceptors (Lipinski definition) is 3. The molecule has 0 aliphatic rings. The van der Waals surface area contributed by atoms with Gasteiger partial charge in [-0.1, -0.05) is 32.9 Å². The van der Waals surface area contributed by atoms with Gasteiger partial charge in [-0.2, -0.15) is 0 Å². The van der Waals surface area contributed by atoms with Crippen molar-refractivity contribution in [1.29, 1.82) is 0 Å². The van der Waals surface area contributed by atoms with Crippen LogP contribution in [-0.4, -0.2) is 42.7 Å². The normalized spacial score (nSPS) is 11.7. The molecule has 0 spiro atoms. The van der Waals surface area contributed by atoms with E-state index in [1.165, 1.54) is 5.56 Å². The lowest BCUT2D eigenvalue weighted by Crippen LogP contribution is -2.24. The zero-order valence-corrected chi connectivity index (χ0v) is 13.6. The number of ether oxygens (including phenoxy) is 1. The van der Waals surface area contributed by atoms with Gasteiger partial charge in [-0.05, 0) is 36.6 Å². The Balaban J connectivity index is 2.25. The van der Waals surface area contributed by atoms with Crippen molar-refractivity contribution in [3.05, 3.63) is 29.8 Å². The van der Waals surface area contributed by atoms with Gasteiger partial charge in [0, 0.05) is 13.1 Å². The van der Waals surface area contributed by atoms with Crippen LogP contribution in [0.25, 0.3) is 0 Å². The molecule has 0 aliphatic heterocycles. The van der Waals surface area contributed by atoms with Crippen LogP contribution in [0.3, 0.4) is 0 Å². The molecule has 0 heterocycles. The van der Waals surface area contributed by atoms with Crippen LogP contribution in [0.1, 0.15) is 39.2 Å². The molecule has 0 saturated carbocycles. The molecule has 0 unspecified atom stereocenters. The molecule has 0 aromatic heterocycles. The molecule has 0 fully saturated rings. The van der Waals surface area contributed by atoms with E-state index in [1.807, 2.05) is 24.1 Å². The molecule has 1 N–H and O–H groups in total. The van der Waals surface area contributed by atoms with E-state index < -0.39 is 5.97 Å². The van der Waals surface area contributed by atoms with E-state index in [0.29, 0.717) is 13.2 Å². The summed E-state index contributed by atoms with van der Waals surface area (Å²) in [6.45, 7) is 8.64. The summed E-state index contributed by atoms with van der Waals surface area (Å²) in [5, 5.41) is 8.61. The van der Waals surface area contributed by atoms with Crippen LogP contribution in [0, 0.1) is 0 Å². The minimum atomic E-state index is -0.753. The second-order valence-corrected chi connectivity index (χ2v) is 6.42. The first-order valence-corrected chi connectivity index (χ1v) is 7.43. The van der Waals surface area contributed by atoms with Gasteiger partial charge in [0.25, 0.3) is 0 Å². The maximum absolute atomic E-state index is 10.5. The van der Waals surface area contributed by atoms with Gasteiger partial charge in [-0.15, -0.1) is 0 Å². The molecule has 0 bridgehead atoms. The Morgan fingerprint density at radius 3 is 2.33 bits per heavy atom. The second-order valence-electron chi connectivity index (χ2n) is 6.42. The molecule has 0 saturated heterocycles. The van der Waals surface area contributed by atoms with Gasteiger partial charge in [0.2, 0.25) is 0 Å². The highest BCUT2D eigenvalue weighted by Crippen LogP contribution is 2.24. The molecular formula is C17H27NO3. The van der Waals surface area contributed by atoms with Crippen LogP contribution in [0.2, 0.25) is 0 Å². The molecule has 1 aromatic carbocycles. The highest BCUT2D eigenvalue weighted by Gasteiger charge is 2.12. The van der Waals surface area contributed by atoms with E-state index in [-0.39, 0.29) is 11.8 Å². The van der Waals surface area contributed by atoms with E-state index in [4.69, 9.17) is 9.84 Å². The van der Waals surface area contributed by atoms with Gasteiger partial charge in [0.1, 0.15) is 5.75 Å². The summed E-state index contributed by atoms with van der Waals surface area (Å²) >= 11 is 0. The minimum absolute atomic E-state index is 0.158. The van der Waals surface area contributed by atoms with Gasteiger partial charge in [0.05, 0.1) is 13.0 Å². The number of carbonyl (C=O) groups is 1. The van der Waals surface area contributed by atoms with Crippen molar-refractivity contribution in [3.63, 3.8) is 0 Å². The van der Waals surface area contributed by atoms with Gasteiger partial charge in [-0.25, -0.2) is 0 Å². The fraction of sp³-hybridized carbons (Fsp3) is 0.588. The largest absolute Gasteiger partial charge is 0.494 e. The van der Waals surface area contributed by atoms with Gasteiger partial charge < -0.3 is 14.7 Å². The van der Waals surface area contributed by atoms with Crippen molar-refractivity contribution >= 4 is 5.97 Å². The lowest BCUT2D eigenvalue weighted by Gasteiger charge is -2.19. The maximum atomic E-state index is 10.5. The van der Waals surface area contributed by atoms with E-state index in [2.05, 4.69) is 32.9 Å². The quantitative estimate of drug-likeness (QED) is 0.748. The van der Waals surface area contributed by atoms with Crippen molar-refractivity contribution < 1.29 is 14.6 Å². The third kappa shape index (κ3) is 7.14. The summed E-state index contributed by atoms with van der Waals surface area (Å²) in [7, 11) is 1.93. The number of rotatable bonds is 8. The fourth-order valence-electron chi connectivity index (χ4n) is 1.97. The summed E-state index contributed by atoms with van der Waals surface area (Å²) in [6, 6.07) is 8.23. The first kappa shape index (κ1) is 17.5. The van der Waals surface area contributed by atoms with E-state index >= 15 is 0 Å². The molecule has 1 aromatic rings. The summed E-state index contributed by atoms with van der Waals surface area (Å²) in [6.07, 6.45) is 1.07. The monoisotopic (exact) mass is 293 g/mol. The maximum Gasteiger partial charge on any atom is 0.304 e. The molecule has 0 amide bonds. The van der Waals surface area contributed by atoms with E-state index in [9.17, 15) is 4.79 Å². The van der Waals surface area contributed by atoms with Crippen LogP contribution in [0.4, 0.5) is 0 Å². The molecule has 0 aliphatic carbocycles. The van der Waals surface area contributed by atoms with Gasteiger partial charge >= 0.3 is 5.97 Å². The molecule has 1 rings (SSSR count). The number of hydrogen-bond donors (Lipinski definition) is 1. The molecule has 0 radical (unpaired) electrons. The molecular weight excluding hydrogens is 266 g/mol. The molecule has 118 valence electrons. The van der Waals surface area contributed by atoms with Gasteiger partial charge in [0.15, 0.2) is 0 Å². The van der Waals surface area contributed by atoms with E-state index in [0.717, 1.165) is 18.7 Å². The zero-order valence-electron chi connectivity index (χ0n) is 13.6. The Labute approximate surface area is 127 Å². The van der Waals surface area contributed by atoms with Crippen LogP contribution in [0.15, 0.2) is 24.3 Å². The fourth-order valence-corrected chi connectivity index (χ4v) is 1.97. The third-order valence-electron chi connectivity index (χ3n) is 3.38. The number of aliphatic carboxylic acids is 1. The number of benzene rings is 1. The zero-order chi connectivity index (χ0) is 15.9. The Morgan fingerprint density at radius 2 is 1.81 bits per heavy atom. The number of carboxylic acid groups (broad SMARTS) is 1. The average molecular weight is 293 g/mol. The Hall–Kier alpha value is -1.55. The van der Waals surface area contributed by atoms with Crippen molar-refractivity contribution in [2.45, 2.75) is 39.0 Å². The smallest absolute Gasteiger partial charge is 0.304 e. The van der Waals surface area contributed by atoms with Crippen molar-refractivity contribution in [3.8, 4) is 5.75 Å². The number of nitrogens with zero attached hydrogens (tertiary/aromatic N) is 1. The molecule has 4 heteroatoms. The molecule has 21 heavy (non-hydrogen) atoms. The highest BCUT2D eigenvalue weighted by atomic mass is 16.5. The highest BCUT2D eigenvalue weighted by molar-refractivity contribution is 5.66. The van der Waals surface area contributed by atoms with Crippen LogP contribution in [-0.2, 0) is 10.2 Å². The van der Waals surface area contributed by atoms with E-state index in [1.54, 1.807) is 0 Å². The number of carboxylic acids is 1. The lowest BCUT2D eigenvalue weighted by molar-refractivity contribution is -0.137. The second kappa shape index (κ2) is 8.03. The first-order valence-electron chi connectivity index (χ1n) is 7.43. The average Bonchev–Trinajstić information content (AvgIpc) is 2.41.